The lowest BCUT2D eigenvalue weighted by Gasteiger charge is -2.41. The molecule has 1 aliphatic rings. The van der Waals surface area contributed by atoms with Gasteiger partial charge < -0.3 is 14.9 Å². The van der Waals surface area contributed by atoms with Crippen molar-refractivity contribution in [1.29, 1.82) is 0 Å². The van der Waals surface area contributed by atoms with Crippen molar-refractivity contribution in [3.63, 3.8) is 0 Å². The van der Waals surface area contributed by atoms with E-state index in [2.05, 4.69) is 28.9 Å². The van der Waals surface area contributed by atoms with Crippen molar-refractivity contribution in [2.45, 2.75) is 19.4 Å². The number of nitrogens with zero attached hydrogens (tertiary/aromatic N) is 2. The van der Waals surface area contributed by atoms with Gasteiger partial charge in [-0.05, 0) is 25.6 Å². The van der Waals surface area contributed by atoms with Crippen molar-refractivity contribution < 1.29 is 9.90 Å². The van der Waals surface area contributed by atoms with Gasteiger partial charge >= 0.3 is 5.97 Å². The Kier molecular flexibility index (Phi) is 3.87. The van der Waals surface area contributed by atoms with Gasteiger partial charge in [0.2, 0.25) is 0 Å². The third-order valence-electron chi connectivity index (χ3n) is 3.52. The highest BCUT2D eigenvalue weighted by Crippen LogP contribution is 2.25. The lowest BCUT2D eigenvalue weighted by atomic mass is 10.1. The third kappa shape index (κ3) is 2.82. The van der Waals surface area contributed by atoms with Gasteiger partial charge in [-0.25, -0.2) is 0 Å². The minimum atomic E-state index is -0.728. The van der Waals surface area contributed by atoms with Crippen LogP contribution in [0, 0.1) is 6.92 Å². The average molecular weight is 248 g/mol. The molecule has 98 valence electrons. The van der Waals surface area contributed by atoms with Crippen LogP contribution in [-0.2, 0) is 4.79 Å². The number of rotatable bonds is 3. The van der Waals surface area contributed by atoms with Crippen LogP contribution in [0.25, 0.3) is 0 Å². The van der Waals surface area contributed by atoms with Gasteiger partial charge in [0.25, 0.3) is 0 Å². The molecule has 0 saturated carbocycles. The topological polar surface area (TPSA) is 43.8 Å². The highest BCUT2D eigenvalue weighted by atomic mass is 16.4. The van der Waals surface area contributed by atoms with Crippen molar-refractivity contribution in [2.75, 3.05) is 31.6 Å². The van der Waals surface area contributed by atoms with Crippen LogP contribution in [-0.4, -0.2) is 48.7 Å². The number of hydrogen-bond donors (Lipinski definition) is 1. The maximum Gasteiger partial charge on any atom is 0.305 e. The molecule has 0 aromatic heterocycles. The molecule has 0 spiro atoms. The quantitative estimate of drug-likeness (QED) is 0.882. The van der Waals surface area contributed by atoms with Crippen molar-refractivity contribution in [3.8, 4) is 0 Å². The molecule has 4 heteroatoms. The van der Waals surface area contributed by atoms with Crippen molar-refractivity contribution in [3.05, 3.63) is 29.8 Å². The Bertz CT molecular complexity index is 434. The molecule has 1 N–H and O–H groups in total. The molecular formula is C14H20N2O2. The lowest BCUT2D eigenvalue weighted by Crippen LogP contribution is -2.53. The Hall–Kier alpha value is -1.55. The molecule has 1 fully saturated rings. The Morgan fingerprint density at radius 2 is 2.11 bits per heavy atom. The molecule has 1 saturated heterocycles. The first-order chi connectivity index (χ1) is 8.58. The molecule has 1 atom stereocenters. The number of hydrogen-bond acceptors (Lipinski definition) is 3. The summed E-state index contributed by atoms with van der Waals surface area (Å²) in [5, 5.41) is 9.04. The number of benzene rings is 1. The zero-order valence-electron chi connectivity index (χ0n) is 11.0. The van der Waals surface area contributed by atoms with E-state index in [-0.39, 0.29) is 12.5 Å². The van der Waals surface area contributed by atoms with Gasteiger partial charge in [0.1, 0.15) is 0 Å². The summed E-state index contributed by atoms with van der Waals surface area (Å²) in [6.45, 7) is 4.75. The maximum atomic E-state index is 11.0. The predicted molar refractivity (Wildman–Crippen MR) is 72.1 cm³/mol. The van der Waals surface area contributed by atoms with E-state index in [4.69, 9.17) is 5.11 Å². The average Bonchev–Trinajstić information content (AvgIpc) is 2.30. The lowest BCUT2D eigenvalue weighted by molar-refractivity contribution is -0.137. The first kappa shape index (κ1) is 12.9. The van der Waals surface area contributed by atoms with Crippen LogP contribution in [0.1, 0.15) is 12.0 Å². The van der Waals surface area contributed by atoms with Crippen molar-refractivity contribution in [2.24, 2.45) is 0 Å². The number of carboxylic acids is 1. The monoisotopic (exact) mass is 248 g/mol. The second kappa shape index (κ2) is 5.40. The summed E-state index contributed by atoms with van der Waals surface area (Å²) in [4.78, 5) is 15.4. The van der Waals surface area contributed by atoms with Crippen LogP contribution in [0.2, 0.25) is 0 Å². The van der Waals surface area contributed by atoms with E-state index < -0.39 is 5.97 Å². The zero-order valence-corrected chi connectivity index (χ0v) is 11.0. The summed E-state index contributed by atoms with van der Waals surface area (Å²) >= 11 is 0. The van der Waals surface area contributed by atoms with Crippen LogP contribution in [0.15, 0.2) is 24.3 Å². The molecule has 1 aliphatic heterocycles. The first-order valence-corrected chi connectivity index (χ1v) is 6.30. The second-order valence-electron chi connectivity index (χ2n) is 4.99. The van der Waals surface area contributed by atoms with Crippen LogP contribution >= 0.6 is 0 Å². The normalized spacial score (nSPS) is 21.0. The van der Waals surface area contributed by atoms with Crippen LogP contribution in [0.3, 0.4) is 0 Å². The Morgan fingerprint density at radius 3 is 2.78 bits per heavy atom. The van der Waals surface area contributed by atoms with E-state index in [1.807, 2.05) is 19.2 Å². The molecule has 0 bridgehead atoms. The highest BCUT2D eigenvalue weighted by Gasteiger charge is 2.27. The Labute approximate surface area is 108 Å². The summed E-state index contributed by atoms with van der Waals surface area (Å²) < 4.78 is 0. The summed E-state index contributed by atoms with van der Waals surface area (Å²) in [7, 11) is 2.05. The van der Waals surface area contributed by atoms with E-state index in [9.17, 15) is 4.79 Å². The molecular weight excluding hydrogens is 228 g/mol. The largest absolute Gasteiger partial charge is 0.481 e. The fourth-order valence-corrected chi connectivity index (χ4v) is 2.59. The van der Waals surface area contributed by atoms with E-state index in [0.717, 1.165) is 25.3 Å². The van der Waals surface area contributed by atoms with Gasteiger partial charge in [-0.1, -0.05) is 18.2 Å². The SMILES string of the molecule is Cc1ccccc1N1CCN(C)CC1CC(=O)O. The van der Waals surface area contributed by atoms with Crippen molar-refractivity contribution >= 4 is 11.7 Å². The molecule has 18 heavy (non-hydrogen) atoms. The van der Waals surface area contributed by atoms with Crippen molar-refractivity contribution in [1.82, 2.24) is 4.90 Å². The number of aliphatic carboxylic acids is 1. The maximum absolute atomic E-state index is 11.0. The van der Waals surface area contributed by atoms with Crippen LogP contribution in [0.5, 0.6) is 0 Å². The fraction of sp³-hybridized carbons (Fsp3) is 0.500. The summed E-state index contributed by atoms with van der Waals surface area (Å²) in [6, 6.07) is 8.24. The molecule has 0 radical (unpaired) electrons. The third-order valence-corrected chi connectivity index (χ3v) is 3.52. The first-order valence-electron chi connectivity index (χ1n) is 6.30. The van der Waals surface area contributed by atoms with Crippen LogP contribution < -0.4 is 4.90 Å². The molecule has 0 aliphatic carbocycles. The molecule has 2 rings (SSSR count). The number of carboxylic acid groups (broad SMARTS) is 1. The molecule has 4 nitrogen and oxygen atoms in total. The molecule has 1 heterocycles. The minimum Gasteiger partial charge on any atom is -0.481 e. The summed E-state index contributed by atoms with van der Waals surface area (Å²) in [5.41, 5.74) is 2.37. The predicted octanol–water partition coefficient (Wildman–Crippen LogP) is 1.59. The van der Waals surface area contributed by atoms with Gasteiger partial charge in [-0.15, -0.1) is 0 Å². The Balaban J connectivity index is 2.23. The Morgan fingerprint density at radius 1 is 1.39 bits per heavy atom. The summed E-state index contributed by atoms with van der Waals surface area (Å²) in [6.07, 6.45) is 0.193. The van der Waals surface area contributed by atoms with Gasteiger partial charge in [0, 0.05) is 25.3 Å². The fourth-order valence-electron chi connectivity index (χ4n) is 2.59. The number of anilines is 1. The highest BCUT2D eigenvalue weighted by molar-refractivity contribution is 5.69. The van der Waals surface area contributed by atoms with Gasteiger partial charge in [0.15, 0.2) is 0 Å². The molecule has 0 amide bonds. The number of carbonyl (C=O) groups is 1. The smallest absolute Gasteiger partial charge is 0.305 e. The van der Waals surface area contributed by atoms with E-state index in [1.165, 1.54) is 5.56 Å². The van der Waals surface area contributed by atoms with Crippen LogP contribution in [0.4, 0.5) is 5.69 Å². The molecule has 1 aromatic carbocycles. The van der Waals surface area contributed by atoms with E-state index >= 15 is 0 Å². The molecule has 1 unspecified atom stereocenters. The van der Waals surface area contributed by atoms with E-state index in [0.29, 0.717) is 0 Å². The number of piperazine rings is 1. The number of para-hydroxylation sites is 1. The standard InChI is InChI=1S/C14H20N2O2/c1-11-5-3-4-6-13(11)16-8-7-15(2)10-12(16)9-14(17)18/h3-6,12H,7-10H2,1-2H3,(H,17,18). The molecule has 1 aromatic rings. The minimum absolute atomic E-state index is 0.0577. The van der Waals surface area contributed by atoms with E-state index in [1.54, 1.807) is 0 Å². The number of aryl methyl sites for hydroxylation is 1. The second-order valence-corrected chi connectivity index (χ2v) is 4.99. The van der Waals surface area contributed by atoms with Gasteiger partial charge in [0.05, 0.1) is 12.5 Å². The summed E-state index contributed by atoms with van der Waals surface area (Å²) in [5.74, 6) is -0.728. The van der Waals surface area contributed by atoms with Gasteiger partial charge in [-0.3, -0.25) is 4.79 Å². The zero-order chi connectivity index (χ0) is 13.1. The van der Waals surface area contributed by atoms with Gasteiger partial charge in [-0.2, -0.15) is 0 Å². The number of likely N-dealkylation sites (N-methyl/N-ethyl adjacent to an activating group) is 1.